The fourth-order valence-corrected chi connectivity index (χ4v) is 2.51. The van der Waals surface area contributed by atoms with Gasteiger partial charge in [-0.25, -0.2) is 0 Å². The quantitative estimate of drug-likeness (QED) is 0.426. The number of hydrogen-bond acceptors (Lipinski definition) is 4. The molecule has 1 N–H and O–H groups in total. The number of anilines is 1. The van der Waals surface area contributed by atoms with Gasteiger partial charge in [0.05, 0.1) is 16.1 Å². The first kappa shape index (κ1) is 16.6. The number of hydrogen-bond donors (Lipinski definition) is 1. The lowest BCUT2D eigenvalue weighted by Crippen LogP contribution is -2.08. The van der Waals surface area contributed by atoms with Crippen molar-refractivity contribution >= 4 is 45.9 Å². The van der Waals surface area contributed by atoms with Gasteiger partial charge in [-0.05, 0) is 29.8 Å². The smallest absolute Gasteiger partial charge is 0.288 e. The van der Waals surface area contributed by atoms with Gasteiger partial charge in [0.2, 0.25) is 5.91 Å². The summed E-state index contributed by atoms with van der Waals surface area (Å²) in [7, 11) is 0. The van der Waals surface area contributed by atoms with Crippen molar-refractivity contribution in [1.82, 2.24) is 4.98 Å². The van der Waals surface area contributed by atoms with E-state index in [0.29, 0.717) is 16.8 Å². The molecule has 2 aromatic carbocycles. The summed E-state index contributed by atoms with van der Waals surface area (Å²) >= 11 is 5.76. The van der Waals surface area contributed by atoms with Gasteiger partial charge in [-0.3, -0.25) is 19.9 Å². The maximum Gasteiger partial charge on any atom is 0.288 e. The minimum Gasteiger partial charge on any atom is -0.321 e. The second-order valence-electron chi connectivity index (χ2n) is 5.17. The number of carbonyl (C=O) groups excluding carboxylic acids is 1. The van der Waals surface area contributed by atoms with Crippen LogP contribution >= 0.6 is 11.6 Å². The largest absolute Gasteiger partial charge is 0.321 e. The molecule has 0 radical (unpaired) electrons. The van der Waals surface area contributed by atoms with Crippen LogP contribution in [0.25, 0.3) is 17.0 Å². The third kappa shape index (κ3) is 3.81. The summed E-state index contributed by atoms with van der Waals surface area (Å²) in [6.07, 6.45) is 4.44. The molecule has 0 bridgehead atoms. The minimum atomic E-state index is -0.568. The molecule has 3 rings (SSSR count). The number of nitro benzene ring substituents is 1. The Labute approximate surface area is 147 Å². The molecule has 0 atom stereocenters. The number of fused-ring (bicyclic) bond motifs is 1. The average molecular weight is 354 g/mol. The van der Waals surface area contributed by atoms with Gasteiger partial charge >= 0.3 is 0 Å². The molecule has 1 aromatic heterocycles. The van der Waals surface area contributed by atoms with Gasteiger partial charge in [0.1, 0.15) is 5.02 Å². The predicted octanol–water partition coefficient (Wildman–Crippen LogP) is 4.45. The Morgan fingerprint density at radius 2 is 2.00 bits per heavy atom. The molecule has 1 heterocycles. The van der Waals surface area contributed by atoms with Crippen molar-refractivity contribution < 1.29 is 9.72 Å². The summed E-state index contributed by atoms with van der Waals surface area (Å²) in [6.45, 7) is 0. The lowest BCUT2D eigenvalue weighted by molar-refractivity contribution is -0.384. The molecule has 0 aliphatic carbocycles. The van der Waals surface area contributed by atoms with Crippen molar-refractivity contribution in [3.63, 3.8) is 0 Å². The fourth-order valence-electron chi connectivity index (χ4n) is 2.32. The van der Waals surface area contributed by atoms with Crippen LogP contribution in [0.15, 0.2) is 60.8 Å². The zero-order chi connectivity index (χ0) is 17.8. The monoisotopic (exact) mass is 353 g/mol. The highest BCUT2D eigenvalue weighted by atomic mass is 35.5. The van der Waals surface area contributed by atoms with E-state index in [1.54, 1.807) is 18.3 Å². The Bertz CT molecular complexity index is 997. The average Bonchev–Trinajstić information content (AvgIpc) is 2.61. The first-order valence-corrected chi connectivity index (χ1v) is 7.69. The van der Waals surface area contributed by atoms with E-state index >= 15 is 0 Å². The van der Waals surface area contributed by atoms with E-state index in [4.69, 9.17) is 11.6 Å². The molecule has 0 spiro atoms. The molecular formula is C18H12ClN3O3. The zero-order valence-corrected chi connectivity index (χ0v) is 13.6. The third-order valence-electron chi connectivity index (χ3n) is 3.48. The van der Waals surface area contributed by atoms with Crippen LogP contribution in [0, 0.1) is 10.1 Å². The molecule has 25 heavy (non-hydrogen) atoms. The number of carbonyl (C=O) groups is 1. The van der Waals surface area contributed by atoms with Crippen LogP contribution < -0.4 is 5.32 Å². The van der Waals surface area contributed by atoms with Crippen LogP contribution in [0.2, 0.25) is 5.02 Å². The Morgan fingerprint density at radius 1 is 1.20 bits per heavy atom. The number of para-hydroxylation sites is 1. The lowest BCUT2D eigenvalue weighted by atomic mass is 10.1. The molecule has 1 amide bonds. The predicted molar refractivity (Wildman–Crippen MR) is 97.5 cm³/mol. The Balaban J connectivity index is 1.79. The molecule has 0 unspecified atom stereocenters. The van der Waals surface area contributed by atoms with Crippen LogP contribution in [0.1, 0.15) is 5.56 Å². The molecule has 3 aromatic rings. The number of rotatable bonds is 4. The highest BCUT2D eigenvalue weighted by Crippen LogP contribution is 2.25. The number of pyridine rings is 1. The standard InChI is InChI=1S/C18H12ClN3O3/c19-14-8-6-12(11-16(14)22(24)25)7-9-17(23)21-15-5-1-3-13-4-2-10-20-18(13)15/h1-11H,(H,21,23)/b9-7+. The van der Waals surface area contributed by atoms with Crippen molar-refractivity contribution in [3.8, 4) is 0 Å². The van der Waals surface area contributed by atoms with Gasteiger partial charge in [-0.1, -0.05) is 35.9 Å². The van der Waals surface area contributed by atoms with E-state index in [0.717, 1.165) is 5.39 Å². The topological polar surface area (TPSA) is 85.1 Å². The van der Waals surface area contributed by atoms with Gasteiger partial charge in [0.15, 0.2) is 0 Å². The highest BCUT2D eigenvalue weighted by molar-refractivity contribution is 6.32. The molecule has 0 saturated heterocycles. The third-order valence-corrected chi connectivity index (χ3v) is 3.80. The Kier molecular flexibility index (Phi) is 4.72. The maximum atomic E-state index is 12.1. The fraction of sp³-hybridized carbons (Fsp3) is 0. The first-order chi connectivity index (χ1) is 12.0. The number of nitrogens with zero attached hydrogens (tertiary/aromatic N) is 2. The van der Waals surface area contributed by atoms with Crippen LogP contribution in [-0.2, 0) is 4.79 Å². The molecule has 7 heteroatoms. The van der Waals surface area contributed by atoms with E-state index in [9.17, 15) is 14.9 Å². The van der Waals surface area contributed by atoms with Crippen LogP contribution in [0.5, 0.6) is 0 Å². The van der Waals surface area contributed by atoms with Crippen molar-refractivity contribution in [2.24, 2.45) is 0 Å². The summed E-state index contributed by atoms with van der Waals surface area (Å²) in [5, 5.41) is 14.6. The van der Waals surface area contributed by atoms with Gasteiger partial charge in [-0.15, -0.1) is 0 Å². The molecule has 0 saturated carbocycles. The second-order valence-corrected chi connectivity index (χ2v) is 5.58. The van der Waals surface area contributed by atoms with Gasteiger partial charge in [0.25, 0.3) is 5.69 Å². The summed E-state index contributed by atoms with van der Waals surface area (Å²) in [4.78, 5) is 26.7. The second kappa shape index (κ2) is 7.11. The molecule has 0 aliphatic rings. The SMILES string of the molecule is O=C(/C=C/c1ccc(Cl)c([N+](=O)[O-])c1)Nc1cccc2cccnc12. The van der Waals surface area contributed by atoms with Crippen LogP contribution in [-0.4, -0.2) is 15.8 Å². The van der Waals surface area contributed by atoms with E-state index in [1.807, 2.05) is 24.3 Å². The summed E-state index contributed by atoms with van der Waals surface area (Å²) < 4.78 is 0. The van der Waals surface area contributed by atoms with E-state index < -0.39 is 4.92 Å². The van der Waals surface area contributed by atoms with Crippen molar-refractivity contribution in [1.29, 1.82) is 0 Å². The zero-order valence-electron chi connectivity index (χ0n) is 12.8. The normalized spacial score (nSPS) is 10.9. The summed E-state index contributed by atoms with van der Waals surface area (Å²) in [6, 6.07) is 13.5. The highest BCUT2D eigenvalue weighted by Gasteiger charge is 2.11. The number of nitrogens with one attached hydrogen (secondary N) is 1. The molecule has 0 fully saturated rings. The summed E-state index contributed by atoms with van der Waals surface area (Å²) in [5.74, 6) is -0.365. The maximum absolute atomic E-state index is 12.1. The van der Waals surface area contributed by atoms with Crippen molar-refractivity contribution in [2.45, 2.75) is 0 Å². The number of aromatic nitrogens is 1. The van der Waals surface area contributed by atoms with Crippen molar-refractivity contribution in [3.05, 3.63) is 81.5 Å². The van der Waals surface area contributed by atoms with E-state index in [1.165, 1.54) is 24.3 Å². The molecule has 124 valence electrons. The van der Waals surface area contributed by atoms with Gasteiger partial charge in [0, 0.05) is 23.7 Å². The van der Waals surface area contributed by atoms with E-state index in [-0.39, 0.29) is 16.6 Å². The van der Waals surface area contributed by atoms with Crippen LogP contribution in [0.4, 0.5) is 11.4 Å². The number of benzene rings is 2. The van der Waals surface area contributed by atoms with E-state index in [2.05, 4.69) is 10.3 Å². The molecule has 0 aliphatic heterocycles. The van der Waals surface area contributed by atoms with Crippen molar-refractivity contribution in [2.75, 3.05) is 5.32 Å². The summed E-state index contributed by atoms with van der Waals surface area (Å²) in [5.41, 5.74) is 1.58. The first-order valence-electron chi connectivity index (χ1n) is 7.31. The van der Waals surface area contributed by atoms with Crippen LogP contribution in [0.3, 0.4) is 0 Å². The number of nitro groups is 1. The Morgan fingerprint density at radius 3 is 2.80 bits per heavy atom. The molecular weight excluding hydrogens is 342 g/mol. The minimum absolute atomic E-state index is 0.0495. The van der Waals surface area contributed by atoms with Gasteiger partial charge in [-0.2, -0.15) is 0 Å². The van der Waals surface area contributed by atoms with Gasteiger partial charge < -0.3 is 5.32 Å². The molecule has 6 nitrogen and oxygen atoms in total. The lowest BCUT2D eigenvalue weighted by Gasteiger charge is -2.05. The number of amides is 1. The number of halogens is 1. The Hall–Kier alpha value is -3.25.